The maximum absolute atomic E-state index is 16.0. The zero-order valence-corrected chi connectivity index (χ0v) is 25.1. The molecule has 45 heavy (non-hydrogen) atoms. The second-order valence-electron chi connectivity index (χ2n) is 10.3. The number of aliphatic hydroxyl groups is 1. The first-order valence-electron chi connectivity index (χ1n) is 13.2. The smallest absolute Gasteiger partial charge is 0.387 e. The van der Waals surface area contributed by atoms with E-state index in [1.165, 1.54) is 17.1 Å². The summed E-state index contributed by atoms with van der Waals surface area (Å²) in [5.74, 6) is -1.67. The molecule has 0 spiro atoms. The van der Waals surface area contributed by atoms with Crippen molar-refractivity contribution in [3.8, 4) is 0 Å². The molecule has 0 aromatic carbocycles. The summed E-state index contributed by atoms with van der Waals surface area (Å²) < 4.78 is 79.0. The number of aliphatic hydroxyl groups excluding tert-OH is 1. The van der Waals surface area contributed by atoms with E-state index in [9.17, 15) is 28.6 Å². The number of nitrogens with zero attached hydrogens (tertiary/aromatic N) is 6. The van der Waals surface area contributed by atoms with Crippen LogP contribution >= 0.6 is 14.5 Å². The van der Waals surface area contributed by atoms with Crippen molar-refractivity contribution >= 4 is 61.1 Å². The monoisotopic (exact) mass is 693 g/mol. The van der Waals surface area contributed by atoms with E-state index in [0.29, 0.717) is 0 Å². The molecule has 18 nitrogen and oxygen atoms in total. The number of aliphatic imine (C=N–C) groups is 1. The molecular formula is C22H23F2N7O11P2S. The molecule has 242 valence electrons. The molecule has 0 saturated carbocycles. The van der Waals surface area contributed by atoms with Gasteiger partial charge in [-0.1, -0.05) is 0 Å². The van der Waals surface area contributed by atoms with Crippen LogP contribution in [0.5, 0.6) is 0 Å². The molecule has 7 rings (SSSR count). The van der Waals surface area contributed by atoms with Crippen LogP contribution in [0.3, 0.4) is 0 Å². The summed E-state index contributed by atoms with van der Waals surface area (Å²) in [6.45, 7) is -5.87. The van der Waals surface area contributed by atoms with Crippen LogP contribution in [0.15, 0.2) is 23.8 Å². The molecule has 3 fully saturated rings. The van der Waals surface area contributed by atoms with E-state index < -0.39 is 88.5 Å². The lowest BCUT2D eigenvalue weighted by atomic mass is 10.1. The molecule has 4 aliphatic rings. The van der Waals surface area contributed by atoms with Gasteiger partial charge in [0, 0.05) is 18.8 Å². The number of nitrogens with two attached hydrogens (primary N) is 1. The van der Waals surface area contributed by atoms with Gasteiger partial charge in [-0.05, 0) is 11.8 Å². The summed E-state index contributed by atoms with van der Waals surface area (Å²) in [7, 11) is -5.14. The molecule has 5 N–H and O–H groups in total. The Hall–Kier alpha value is -2.65. The largest absolute Gasteiger partial charge is 0.472 e. The zero-order chi connectivity index (χ0) is 31.8. The number of alkyl halides is 1. The van der Waals surface area contributed by atoms with Crippen molar-refractivity contribution in [3.05, 3.63) is 30.2 Å². The molecule has 2 unspecified atom stereocenters. The minimum absolute atomic E-state index is 0.0193. The van der Waals surface area contributed by atoms with Crippen molar-refractivity contribution in [1.82, 2.24) is 24.1 Å². The Morgan fingerprint density at radius 3 is 2.60 bits per heavy atom. The topological polar surface area (TPSA) is 237 Å². The fourth-order valence-corrected chi connectivity index (χ4v) is 7.88. The average molecular weight is 693 g/mol. The van der Waals surface area contributed by atoms with Crippen LogP contribution in [-0.2, 0) is 43.9 Å². The van der Waals surface area contributed by atoms with E-state index in [1.807, 2.05) is 0 Å². The van der Waals surface area contributed by atoms with Crippen LogP contribution in [0.25, 0.3) is 11.2 Å². The molecule has 23 heteroatoms. The highest BCUT2D eigenvalue weighted by Gasteiger charge is 2.54. The van der Waals surface area contributed by atoms with Crippen LogP contribution < -0.4 is 5.73 Å². The minimum Gasteiger partial charge on any atom is -0.387 e. The van der Waals surface area contributed by atoms with E-state index in [2.05, 4.69) is 19.9 Å². The minimum atomic E-state index is -5.14. The number of aromatic nitrogens is 5. The summed E-state index contributed by atoms with van der Waals surface area (Å²) in [4.78, 5) is 49.9. The van der Waals surface area contributed by atoms with E-state index in [4.69, 9.17) is 45.1 Å². The number of carbonyl (C=O) groups is 1. The van der Waals surface area contributed by atoms with Crippen LogP contribution in [0.2, 0.25) is 0 Å². The maximum atomic E-state index is 16.0. The molecule has 4 aliphatic heterocycles. The van der Waals surface area contributed by atoms with E-state index in [0.717, 1.165) is 17.1 Å². The third-order valence-electron chi connectivity index (χ3n) is 7.56. The van der Waals surface area contributed by atoms with Gasteiger partial charge in [0.05, 0.1) is 25.1 Å². The number of hydrogen-bond acceptors (Lipinski definition) is 15. The van der Waals surface area contributed by atoms with Crippen molar-refractivity contribution in [3.63, 3.8) is 0 Å². The summed E-state index contributed by atoms with van der Waals surface area (Å²) >= 11 is 5.10. The van der Waals surface area contributed by atoms with Crippen molar-refractivity contribution in [2.45, 2.75) is 55.6 Å². The van der Waals surface area contributed by atoms with Crippen LogP contribution in [0.1, 0.15) is 29.2 Å². The summed E-state index contributed by atoms with van der Waals surface area (Å²) in [5, 5.41) is 11.0. The third kappa shape index (κ3) is 5.45. The first-order chi connectivity index (χ1) is 21.3. The van der Waals surface area contributed by atoms with Gasteiger partial charge in [0.2, 0.25) is 0 Å². The lowest BCUT2D eigenvalue weighted by molar-refractivity contribution is -0.0647. The molecule has 0 radical (unpaired) electrons. The van der Waals surface area contributed by atoms with E-state index in [-0.39, 0.29) is 34.8 Å². The number of phosphoric acid groups is 1. The fourth-order valence-electron chi connectivity index (χ4n) is 5.52. The Morgan fingerprint density at radius 2 is 1.80 bits per heavy atom. The van der Waals surface area contributed by atoms with Gasteiger partial charge < -0.3 is 39.2 Å². The van der Waals surface area contributed by atoms with Crippen molar-refractivity contribution < 1.29 is 60.6 Å². The fraction of sp³-hybridized carbons (Fsp3) is 0.500. The standard InChI is InChI=1S/C22H23F2N7O11P2S/c23-8-3-30(19-12(8)9(32)1-2-26-19)22-17-15(33)10(39-22)4-38-44(36,45)42-16-11(5-37-43(34,35)41-17)40-21(13(16)24)31-7-29-14-18(25)27-6-28-20(14)31/h2-3,6-7,10-11,13,15-17,21-22,33H,1,4-5H2,(H,34,35)(H,36,45)(H2,25,27,28)/t10-,11-,13-,15-,16-,17-,21-,22-,44?/m1/s1. The van der Waals surface area contributed by atoms with Gasteiger partial charge in [0.25, 0.3) is 0 Å². The number of ketones is 1. The quantitative estimate of drug-likeness (QED) is 0.274. The van der Waals surface area contributed by atoms with Crippen LogP contribution in [0.4, 0.5) is 20.4 Å². The van der Waals surface area contributed by atoms with Crippen LogP contribution in [-0.4, -0.2) is 101 Å². The number of imidazole rings is 1. The van der Waals surface area contributed by atoms with Crippen molar-refractivity contribution in [2.24, 2.45) is 4.99 Å². The highest BCUT2D eigenvalue weighted by Crippen LogP contribution is 2.54. The number of nitrogen functional groups attached to an aromatic ring is 1. The number of fused-ring (bicyclic) bond motifs is 5. The number of Topliss-reactive ketones (excluding diaryl/α,β-unsaturated/α-hetero) is 1. The summed E-state index contributed by atoms with van der Waals surface area (Å²) in [6.07, 6.45) is -8.96. The van der Waals surface area contributed by atoms with Gasteiger partial charge in [0.1, 0.15) is 48.2 Å². The summed E-state index contributed by atoms with van der Waals surface area (Å²) in [5.41, 5.74) is 5.73. The molecule has 3 aromatic rings. The van der Waals surface area contributed by atoms with Gasteiger partial charge in [-0.15, -0.1) is 0 Å². The Labute approximate surface area is 255 Å². The number of anilines is 1. The Balaban J connectivity index is 1.20. The van der Waals surface area contributed by atoms with E-state index >= 15 is 4.39 Å². The van der Waals surface area contributed by atoms with Gasteiger partial charge in [-0.25, -0.2) is 33.3 Å². The molecule has 10 atom stereocenters. The zero-order valence-electron chi connectivity index (χ0n) is 22.5. The first-order valence-corrected chi connectivity index (χ1v) is 17.3. The SMILES string of the molecule is Nc1ncnc2c1ncn2[C@@H]1O[C@@H]2COP(=O)(O)O[C@@H]3[C@H](O)[C@@H](COP(O)(=S)O[C@H]2[C@H]1F)O[C@H]3n1cc(F)c2c1N=CCC2=O. The second-order valence-corrected chi connectivity index (χ2v) is 14.5. The molecular weight excluding hydrogens is 670 g/mol. The summed E-state index contributed by atoms with van der Waals surface area (Å²) in [6, 6.07) is 0. The predicted octanol–water partition coefficient (Wildman–Crippen LogP) is 0.966. The first kappa shape index (κ1) is 31.0. The Bertz CT molecular complexity index is 1810. The number of ether oxygens (including phenoxy) is 2. The van der Waals surface area contributed by atoms with Gasteiger partial charge in [-0.3, -0.25) is 22.9 Å². The second kappa shape index (κ2) is 11.3. The lowest BCUT2D eigenvalue weighted by Crippen LogP contribution is -2.35. The van der Waals surface area contributed by atoms with Gasteiger partial charge >= 0.3 is 14.5 Å². The number of phosphoric ester groups is 1. The van der Waals surface area contributed by atoms with Crippen LogP contribution in [0, 0.1) is 5.82 Å². The lowest BCUT2D eigenvalue weighted by Gasteiger charge is -2.27. The highest BCUT2D eigenvalue weighted by atomic mass is 32.5. The Morgan fingerprint density at radius 1 is 1.04 bits per heavy atom. The average Bonchev–Trinajstić information content (AvgIpc) is 3.71. The molecule has 3 saturated heterocycles. The molecule has 0 amide bonds. The predicted molar refractivity (Wildman–Crippen MR) is 148 cm³/mol. The molecule has 3 aromatic heterocycles. The molecule has 0 aliphatic carbocycles. The third-order valence-corrected chi connectivity index (χ3v) is 10.1. The van der Waals surface area contributed by atoms with Crippen molar-refractivity contribution in [1.29, 1.82) is 0 Å². The number of halogens is 2. The molecule has 2 bridgehead atoms. The molecule has 7 heterocycles. The maximum Gasteiger partial charge on any atom is 0.472 e. The number of rotatable bonds is 2. The van der Waals surface area contributed by atoms with Gasteiger partial charge in [0.15, 0.2) is 41.7 Å². The van der Waals surface area contributed by atoms with Crippen molar-refractivity contribution in [2.75, 3.05) is 18.9 Å². The van der Waals surface area contributed by atoms with E-state index in [1.54, 1.807) is 0 Å². The van der Waals surface area contributed by atoms with Gasteiger partial charge in [-0.2, -0.15) is 0 Å². The Kier molecular flexibility index (Phi) is 7.75. The normalized spacial score (nSPS) is 38.8. The highest BCUT2D eigenvalue weighted by molar-refractivity contribution is 8.07. The number of hydrogen-bond donors (Lipinski definition) is 4. The number of carbonyl (C=O) groups excluding carboxylic acids is 1.